The molecule has 2 unspecified atom stereocenters. The molecule has 1 amide bonds. The Kier molecular flexibility index (Phi) is 3.40. The Morgan fingerprint density at radius 3 is 2.45 bits per heavy atom. The minimum atomic E-state index is -1.23. The van der Waals surface area contributed by atoms with Crippen LogP contribution in [0.4, 0.5) is 5.69 Å². The molecular weight excluding hydrogens is 270 g/mol. The van der Waals surface area contributed by atoms with Crippen molar-refractivity contribution in [1.82, 2.24) is 0 Å². The van der Waals surface area contributed by atoms with Crippen LogP contribution in [0.5, 0.6) is 0 Å². The number of nitrogens with zero attached hydrogens (tertiary/aromatic N) is 1. The highest BCUT2D eigenvalue weighted by Gasteiger charge is 2.31. The lowest BCUT2D eigenvalue weighted by atomic mass is 10.1. The van der Waals surface area contributed by atoms with Gasteiger partial charge in [-0.2, -0.15) is 0 Å². The number of fused-ring (bicyclic) bond motifs is 1. The Labute approximate surface area is 120 Å². The SMILES string of the molecule is CN1C(=O)CC(c2ccccc2)S(=O)c2ccccc21. The first-order valence-electron chi connectivity index (χ1n) is 6.49. The van der Waals surface area contributed by atoms with Crippen LogP contribution in [0.3, 0.4) is 0 Å². The normalized spacial score (nSPS) is 22.2. The largest absolute Gasteiger partial charge is 0.314 e. The van der Waals surface area contributed by atoms with E-state index in [4.69, 9.17) is 0 Å². The summed E-state index contributed by atoms with van der Waals surface area (Å²) in [5.41, 5.74) is 1.69. The minimum absolute atomic E-state index is 0.00264. The lowest BCUT2D eigenvalue weighted by molar-refractivity contribution is -0.118. The molecule has 0 spiro atoms. The second-order valence-corrected chi connectivity index (χ2v) is 6.43. The van der Waals surface area contributed by atoms with Gasteiger partial charge in [-0.1, -0.05) is 42.5 Å². The molecule has 4 heteroatoms. The molecule has 0 saturated heterocycles. The predicted octanol–water partition coefficient (Wildman–Crippen LogP) is 2.90. The van der Waals surface area contributed by atoms with E-state index >= 15 is 0 Å². The number of hydrogen-bond donors (Lipinski definition) is 0. The first-order valence-corrected chi connectivity index (χ1v) is 7.71. The van der Waals surface area contributed by atoms with Crippen molar-refractivity contribution in [2.24, 2.45) is 0 Å². The standard InChI is InChI=1S/C16H15NO2S/c1-17-13-9-5-6-10-14(13)20(19)15(11-16(17)18)12-7-3-2-4-8-12/h2-10,15H,11H2,1H3. The maximum absolute atomic E-state index is 12.9. The molecule has 0 N–H and O–H groups in total. The van der Waals surface area contributed by atoms with Crippen molar-refractivity contribution in [3.8, 4) is 0 Å². The van der Waals surface area contributed by atoms with E-state index in [-0.39, 0.29) is 17.6 Å². The van der Waals surface area contributed by atoms with Crippen molar-refractivity contribution < 1.29 is 9.00 Å². The van der Waals surface area contributed by atoms with E-state index in [1.165, 1.54) is 0 Å². The van der Waals surface area contributed by atoms with Gasteiger partial charge in [0.05, 0.1) is 26.6 Å². The lowest BCUT2D eigenvalue weighted by Crippen LogP contribution is -2.25. The van der Waals surface area contributed by atoms with Crippen molar-refractivity contribution in [2.75, 3.05) is 11.9 Å². The van der Waals surface area contributed by atoms with E-state index in [1.54, 1.807) is 11.9 Å². The molecule has 1 aliphatic rings. The van der Waals surface area contributed by atoms with Crippen LogP contribution in [-0.4, -0.2) is 17.2 Å². The van der Waals surface area contributed by atoms with Crippen molar-refractivity contribution in [3.63, 3.8) is 0 Å². The summed E-state index contributed by atoms with van der Waals surface area (Å²) in [5, 5.41) is -0.283. The van der Waals surface area contributed by atoms with Crippen LogP contribution in [0.15, 0.2) is 59.5 Å². The minimum Gasteiger partial charge on any atom is -0.314 e. The molecule has 1 heterocycles. The molecule has 3 rings (SSSR count). The maximum Gasteiger partial charge on any atom is 0.228 e. The molecule has 0 aliphatic carbocycles. The molecule has 1 aliphatic heterocycles. The van der Waals surface area contributed by atoms with E-state index in [0.29, 0.717) is 0 Å². The Morgan fingerprint density at radius 1 is 1.05 bits per heavy atom. The predicted molar refractivity (Wildman–Crippen MR) is 80.1 cm³/mol. The second kappa shape index (κ2) is 5.21. The van der Waals surface area contributed by atoms with Crippen molar-refractivity contribution in [3.05, 3.63) is 60.2 Å². The van der Waals surface area contributed by atoms with Gasteiger partial charge < -0.3 is 4.90 Å². The van der Waals surface area contributed by atoms with Crippen LogP contribution in [0, 0.1) is 0 Å². The highest BCUT2D eigenvalue weighted by molar-refractivity contribution is 7.85. The second-order valence-electron chi connectivity index (χ2n) is 4.82. The molecular formula is C16H15NO2S. The van der Waals surface area contributed by atoms with Crippen LogP contribution in [0.1, 0.15) is 17.2 Å². The summed E-state index contributed by atoms with van der Waals surface area (Å²) in [7, 11) is 0.517. The summed E-state index contributed by atoms with van der Waals surface area (Å²) in [4.78, 5) is 14.6. The van der Waals surface area contributed by atoms with Crippen molar-refractivity contribution >= 4 is 22.4 Å². The van der Waals surface area contributed by atoms with Gasteiger partial charge in [0.2, 0.25) is 5.91 Å². The monoisotopic (exact) mass is 285 g/mol. The van der Waals surface area contributed by atoms with Gasteiger partial charge in [0.15, 0.2) is 0 Å². The van der Waals surface area contributed by atoms with E-state index < -0.39 is 10.8 Å². The molecule has 0 fully saturated rings. The van der Waals surface area contributed by atoms with E-state index in [0.717, 1.165) is 16.1 Å². The number of hydrogen-bond acceptors (Lipinski definition) is 2. The molecule has 2 aromatic carbocycles. The topological polar surface area (TPSA) is 37.4 Å². The lowest BCUT2D eigenvalue weighted by Gasteiger charge is -2.16. The van der Waals surface area contributed by atoms with Crippen LogP contribution in [0.25, 0.3) is 0 Å². The number of para-hydroxylation sites is 1. The van der Waals surface area contributed by atoms with Crippen molar-refractivity contribution in [2.45, 2.75) is 16.6 Å². The van der Waals surface area contributed by atoms with Gasteiger partial charge in [-0.3, -0.25) is 9.00 Å². The number of benzene rings is 2. The fourth-order valence-corrected chi connectivity index (χ4v) is 4.10. The number of rotatable bonds is 1. The quantitative estimate of drug-likeness (QED) is 0.808. The molecule has 0 radical (unpaired) electrons. The zero-order chi connectivity index (χ0) is 14.1. The van der Waals surface area contributed by atoms with Gasteiger partial charge in [-0.05, 0) is 17.7 Å². The number of carbonyl (C=O) groups is 1. The Morgan fingerprint density at radius 2 is 1.70 bits per heavy atom. The number of carbonyl (C=O) groups excluding carboxylic acids is 1. The summed E-state index contributed by atoms with van der Waals surface area (Å²) < 4.78 is 12.9. The van der Waals surface area contributed by atoms with Crippen LogP contribution < -0.4 is 4.90 Å². The Bertz CT molecular complexity index is 669. The smallest absolute Gasteiger partial charge is 0.228 e. The Balaban J connectivity index is 2.12. The summed E-state index contributed by atoms with van der Waals surface area (Å²) in [5.74, 6) is -0.00264. The fraction of sp³-hybridized carbons (Fsp3) is 0.188. The number of anilines is 1. The highest BCUT2D eigenvalue weighted by Crippen LogP contribution is 2.37. The molecule has 2 aromatic rings. The Hall–Kier alpha value is -1.94. The first kappa shape index (κ1) is 13.1. The molecule has 0 aromatic heterocycles. The van der Waals surface area contributed by atoms with Crippen LogP contribution in [-0.2, 0) is 15.6 Å². The van der Waals surface area contributed by atoms with Crippen LogP contribution >= 0.6 is 0 Å². The fourth-order valence-electron chi connectivity index (χ4n) is 2.47. The number of amides is 1. The van der Waals surface area contributed by atoms with Gasteiger partial charge in [-0.25, -0.2) is 0 Å². The van der Waals surface area contributed by atoms with Gasteiger partial charge in [0, 0.05) is 13.5 Å². The van der Waals surface area contributed by atoms with Gasteiger partial charge >= 0.3 is 0 Å². The zero-order valence-corrected chi connectivity index (χ0v) is 12.0. The third kappa shape index (κ3) is 2.16. The maximum atomic E-state index is 12.9. The van der Waals surface area contributed by atoms with Gasteiger partial charge in [0.25, 0.3) is 0 Å². The molecule has 20 heavy (non-hydrogen) atoms. The molecule has 102 valence electrons. The highest BCUT2D eigenvalue weighted by atomic mass is 32.2. The summed E-state index contributed by atoms with van der Waals surface area (Å²) in [6.45, 7) is 0. The van der Waals surface area contributed by atoms with E-state index in [2.05, 4.69) is 0 Å². The first-order chi connectivity index (χ1) is 9.68. The van der Waals surface area contributed by atoms with Crippen molar-refractivity contribution in [1.29, 1.82) is 0 Å². The molecule has 0 bridgehead atoms. The molecule has 0 saturated carbocycles. The molecule has 3 nitrogen and oxygen atoms in total. The summed E-state index contributed by atoms with van der Waals surface area (Å²) in [6, 6.07) is 17.0. The average Bonchev–Trinajstić information content (AvgIpc) is 2.60. The van der Waals surface area contributed by atoms with Gasteiger partial charge in [0.1, 0.15) is 0 Å². The van der Waals surface area contributed by atoms with E-state index in [1.807, 2.05) is 54.6 Å². The third-order valence-corrected chi connectivity index (χ3v) is 5.34. The van der Waals surface area contributed by atoms with Crippen LogP contribution in [0.2, 0.25) is 0 Å². The third-order valence-electron chi connectivity index (χ3n) is 3.61. The zero-order valence-electron chi connectivity index (χ0n) is 11.2. The van der Waals surface area contributed by atoms with Gasteiger partial charge in [-0.15, -0.1) is 0 Å². The average molecular weight is 285 g/mol. The summed E-state index contributed by atoms with van der Waals surface area (Å²) >= 11 is 0. The summed E-state index contributed by atoms with van der Waals surface area (Å²) in [6.07, 6.45) is 0.266. The molecule has 2 atom stereocenters. The van der Waals surface area contributed by atoms with E-state index in [9.17, 15) is 9.00 Å².